The van der Waals surface area contributed by atoms with Crippen LogP contribution in [0.15, 0.2) is 211 Å². The molecule has 2 aliphatic rings. The van der Waals surface area contributed by atoms with Crippen molar-refractivity contribution in [2.24, 2.45) is 0 Å². The van der Waals surface area contributed by atoms with Crippen LogP contribution < -0.4 is 9.80 Å². The fourth-order valence-electron chi connectivity index (χ4n) is 9.28. The highest BCUT2D eigenvalue weighted by atomic mass is 16.3. The molecule has 0 spiro atoms. The second-order valence-corrected chi connectivity index (χ2v) is 15.2. The van der Waals surface area contributed by atoms with Crippen molar-refractivity contribution in [2.75, 3.05) is 9.80 Å². The van der Waals surface area contributed by atoms with Gasteiger partial charge in [0.2, 0.25) is 0 Å². The van der Waals surface area contributed by atoms with Gasteiger partial charge in [0.1, 0.15) is 11.3 Å². The van der Waals surface area contributed by atoms with Gasteiger partial charge >= 0.3 is 0 Å². The molecule has 3 aromatic heterocycles. The third-order valence-electron chi connectivity index (χ3n) is 11.9. The number of hydrogen-bond acceptors (Lipinski definition) is 6. The summed E-state index contributed by atoms with van der Waals surface area (Å²) in [5.74, 6) is 1.65. The largest absolute Gasteiger partial charge is 0.454 e. The molecule has 10 aromatic rings. The zero-order valence-corrected chi connectivity index (χ0v) is 31.9. The summed E-state index contributed by atoms with van der Waals surface area (Å²) in [7, 11) is 0. The number of rotatable bonds is 6. The molecule has 0 N–H and O–H groups in total. The van der Waals surface area contributed by atoms with Crippen LogP contribution in [0.25, 0.3) is 66.1 Å². The first-order valence-corrected chi connectivity index (χ1v) is 20.0. The van der Waals surface area contributed by atoms with Crippen molar-refractivity contribution in [3.05, 3.63) is 212 Å². The summed E-state index contributed by atoms with van der Waals surface area (Å²) in [5, 5.41) is 7.40. The lowest BCUT2D eigenvalue weighted by Crippen LogP contribution is -2.31. The summed E-state index contributed by atoms with van der Waals surface area (Å²) in [6.45, 7) is 0. The standard InChI is InChI=1S/C53H35N5O/c1-2-10-38(11-3-1)58-48-32-41(25-26-46(48)51-44-14-6-4-12-42(44)43-13-5-7-15-45(43)52(51)58)57(39-22-19-34(20-23-39)50-33-47-49(59-50)16-8-27-54-47)40-24-21-35-30-37(18-17-36(35)31-40)53-55-28-9-29-56-53/h1-33,46,48H. The van der Waals surface area contributed by atoms with Crippen molar-refractivity contribution >= 4 is 66.2 Å². The van der Waals surface area contributed by atoms with Gasteiger partial charge in [-0.1, -0.05) is 91.0 Å². The van der Waals surface area contributed by atoms with Gasteiger partial charge in [-0.25, -0.2) is 9.97 Å². The number of pyridine rings is 1. The summed E-state index contributed by atoms with van der Waals surface area (Å²) < 4.78 is 6.23. The van der Waals surface area contributed by atoms with E-state index in [1.54, 1.807) is 18.6 Å². The Hall–Kier alpha value is -7.83. The van der Waals surface area contributed by atoms with Crippen LogP contribution in [0.5, 0.6) is 0 Å². The molecule has 0 radical (unpaired) electrons. The van der Waals surface area contributed by atoms with Gasteiger partial charge in [-0.2, -0.15) is 0 Å². The molecule has 0 saturated carbocycles. The zero-order chi connectivity index (χ0) is 38.9. The Morgan fingerprint density at radius 3 is 2.03 bits per heavy atom. The van der Waals surface area contributed by atoms with E-state index in [4.69, 9.17) is 4.42 Å². The van der Waals surface area contributed by atoms with Crippen LogP contribution in [-0.4, -0.2) is 21.0 Å². The number of nitrogens with zero attached hydrogens (tertiary/aromatic N) is 5. The van der Waals surface area contributed by atoms with Crippen LogP contribution in [-0.2, 0) is 0 Å². The molecule has 1 aliphatic carbocycles. The van der Waals surface area contributed by atoms with Crippen LogP contribution in [0.4, 0.5) is 22.7 Å². The minimum Gasteiger partial charge on any atom is -0.454 e. The highest BCUT2D eigenvalue weighted by Gasteiger charge is 2.41. The topological polar surface area (TPSA) is 58.3 Å². The zero-order valence-electron chi connectivity index (χ0n) is 31.9. The Morgan fingerprint density at radius 1 is 0.542 bits per heavy atom. The van der Waals surface area contributed by atoms with Gasteiger partial charge in [-0.3, -0.25) is 4.98 Å². The van der Waals surface area contributed by atoms with Gasteiger partial charge in [0.05, 0.1) is 11.7 Å². The first kappa shape index (κ1) is 33.3. The maximum Gasteiger partial charge on any atom is 0.159 e. The highest BCUT2D eigenvalue weighted by molar-refractivity contribution is 6.17. The predicted octanol–water partition coefficient (Wildman–Crippen LogP) is 13.3. The minimum atomic E-state index is 0.0281. The summed E-state index contributed by atoms with van der Waals surface area (Å²) in [6.07, 6.45) is 12.6. The molecule has 6 heteroatoms. The maximum absolute atomic E-state index is 6.23. The predicted molar refractivity (Wildman–Crippen MR) is 240 cm³/mol. The van der Waals surface area contributed by atoms with Crippen LogP contribution in [0.1, 0.15) is 11.5 Å². The van der Waals surface area contributed by atoms with Crippen LogP contribution in [0, 0.1) is 0 Å². The molecule has 4 heterocycles. The third-order valence-corrected chi connectivity index (χ3v) is 11.9. The molecule has 2 atom stereocenters. The van der Waals surface area contributed by atoms with Gasteiger partial charge in [0, 0.05) is 69.8 Å². The molecular formula is C53H35N5O. The monoisotopic (exact) mass is 757 g/mol. The number of aromatic nitrogens is 3. The number of furan rings is 1. The molecule has 12 rings (SSSR count). The van der Waals surface area contributed by atoms with Crippen molar-refractivity contribution < 1.29 is 4.42 Å². The lowest BCUT2D eigenvalue weighted by atomic mass is 9.85. The first-order valence-electron chi connectivity index (χ1n) is 20.0. The quantitative estimate of drug-likeness (QED) is 0.157. The van der Waals surface area contributed by atoms with Crippen molar-refractivity contribution in [2.45, 2.75) is 12.0 Å². The van der Waals surface area contributed by atoms with Crippen molar-refractivity contribution in [1.82, 2.24) is 15.0 Å². The second-order valence-electron chi connectivity index (χ2n) is 15.2. The van der Waals surface area contributed by atoms with Crippen LogP contribution in [0.2, 0.25) is 0 Å². The van der Waals surface area contributed by atoms with E-state index in [-0.39, 0.29) is 12.0 Å². The van der Waals surface area contributed by atoms with E-state index in [2.05, 4.69) is 183 Å². The van der Waals surface area contributed by atoms with Crippen LogP contribution >= 0.6 is 0 Å². The molecule has 278 valence electrons. The first-order chi connectivity index (χ1) is 29.2. The van der Waals surface area contributed by atoms with E-state index in [9.17, 15) is 0 Å². The summed E-state index contributed by atoms with van der Waals surface area (Å²) in [5.41, 5.74) is 10.6. The number of hydrogen-bond donors (Lipinski definition) is 0. The van der Waals surface area contributed by atoms with E-state index in [1.807, 2.05) is 24.3 Å². The van der Waals surface area contributed by atoms with E-state index in [1.165, 1.54) is 38.5 Å². The second kappa shape index (κ2) is 13.4. The van der Waals surface area contributed by atoms with Gasteiger partial charge in [0.25, 0.3) is 0 Å². The Kier molecular flexibility index (Phi) is 7.56. The number of benzene rings is 7. The number of fused-ring (bicyclic) bond motifs is 10. The number of anilines is 4. The Balaban J connectivity index is 1.02. The summed E-state index contributed by atoms with van der Waals surface area (Å²) >= 11 is 0. The molecule has 0 amide bonds. The molecule has 6 nitrogen and oxygen atoms in total. The average molecular weight is 758 g/mol. The van der Waals surface area contributed by atoms with E-state index in [0.717, 1.165) is 55.8 Å². The summed E-state index contributed by atoms with van der Waals surface area (Å²) in [4.78, 5) is 18.4. The number of para-hydroxylation sites is 1. The molecule has 7 aromatic carbocycles. The Bertz CT molecular complexity index is 3270. The molecule has 0 saturated heterocycles. The minimum absolute atomic E-state index is 0.0281. The van der Waals surface area contributed by atoms with E-state index >= 15 is 0 Å². The van der Waals surface area contributed by atoms with Gasteiger partial charge in [-0.15, -0.1) is 0 Å². The fraction of sp³-hybridized carbons (Fsp3) is 0.0377. The van der Waals surface area contributed by atoms with Crippen LogP contribution in [0.3, 0.4) is 0 Å². The molecule has 0 bridgehead atoms. The van der Waals surface area contributed by atoms with Gasteiger partial charge in [-0.05, 0) is 117 Å². The van der Waals surface area contributed by atoms with E-state index < -0.39 is 0 Å². The van der Waals surface area contributed by atoms with Gasteiger partial charge < -0.3 is 14.2 Å². The SMILES string of the molecule is C1=CC2c3c(c4ccccc4c4ccccc34)N(c3ccccc3)C2C=C1N(c1ccc(-c2cc3ncccc3o2)cc1)c1ccc2cc(-c3ncccn3)ccc2c1. The van der Waals surface area contributed by atoms with Crippen molar-refractivity contribution in [3.63, 3.8) is 0 Å². The van der Waals surface area contributed by atoms with Crippen molar-refractivity contribution in [1.29, 1.82) is 0 Å². The lowest BCUT2D eigenvalue weighted by Gasteiger charge is -2.34. The maximum atomic E-state index is 6.23. The fourth-order valence-corrected chi connectivity index (χ4v) is 9.28. The number of allylic oxidation sites excluding steroid dienone is 1. The van der Waals surface area contributed by atoms with Gasteiger partial charge in [0.15, 0.2) is 11.4 Å². The molecule has 0 fully saturated rings. The summed E-state index contributed by atoms with van der Waals surface area (Å²) in [6, 6.07) is 58.2. The average Bonchev–Trinajstić information content (AvgIpc) is 3.90. The Morgan fingerprint density at radius 2 is 1.22 bits per heavy atom. The Labute approximate surface area is 340 Å². The highest BCUT2D eigenvalue weighted by Crippen LogP contribution is 2.55. The molecule has 2 unspecified atom stereocenters. The smallest absolute Gasteiger partial charge is 0.159 e. The lowest BCUT2D eigenvalue weighted by molar-refractivity contribution is 0.631. The molecular weight excluding hydrogens is 723 g/mol. The van der Waals surface area contributed by atoms with Crippen molar-refractivity contribution in [3.8, 4) is 22.7 Å². The van der Waals surface area contributed by atoms with E-state index in [0.29, 0.717) is 5.82 Å². The normalized spacial score (nSPS) is 15.8. The third kappa shape index (κ3) is 5.45. The molecule has 1 aliphatic heterocycles. The molecule has 59 heavy (non-hydrogen) atoms.